The van der Waals surface area contributed by atoms with Crippen molar-refractivity contribution in [2.24, 2.45) is 12.5 Å². The van der Waals surface area contributed by atoms with Gasteiger partial charge in [0.2, 0.25) is 0 Å². The van der Waals surface area contributed by atoms with Crippen LogP contribution in [0.3, 0.4) is 0 Å². The van der Waals surface area contributed by atoms with E-state index in [4.69, 9.17) is 0 Å². The summed E-state index contributed by atoms with van der Waals surface area (Å²) in [5.41, 5.74) is -0.770. The van der Waals surface area contributed by atoms with Crippen molar-refractivity contribution in [3.05, 3.63) is 33.1 Å². The standard InChI is InChI=1S/C11H16N2O2S/c1-12-5-6-13(10(15)9(12)14)7-11(8-16)3-2-4-11/h5-6,16H,2-4,7-8H2,1H3. The van der Waals surface area contributed by atoms with Gasteiger partial charge in [-0.05, 0) is 24.0 Å². The first-order valence-electron chi connectivity index (χ1n) is 5.45. The maximum absolute atomic E-state index is 11.7. The second kappa shape index (κ2) is 4.13. The van der Waals surface area contributed by atoms with Gasteiger partial charge in [-0.3, -0.25) is 9.59 Å². The molecule has 0 aromatic carbocycles. The summed E-state index contributed by atoms with van der Waals surface area (Å²) in [6.45, 7) is 0.616. The molecule has 0 spiro atoms. The van der Waals surface area contributed by atoms with Gasteiger partial charge in [-0.15, -0.1) is 0 Å². The van der Waals surface area contributed by atoms with Crippen LogP contribution >= 0.6 is 12.6 Å². The monoisotopic (exact) mass is 240 g/mol. The van der Waals surface area contributed by atoms with Crippen LogP contribution in [-0.4, -0.2) is 14.9 Å². The van der Waals surface area contributed by atoms with E-state index in [1.807, 2.05) is 0 Å². The Morgan fingerprint density at radius 2 is 2.00 bits per heavy atom. The Labute approximate surface area is 99.3 Å². The smallest absolute Gasteiger partial charge is 0.312 e. The molecule has 0 saturated heterocycles. The van der Waals surface area contributed by atoms with Crippen LogP contribution in [-0.2, 0) is 13.6 Å². The van der Waals surface area contributed by atoms with Gasteiger partial charge in [-0.25, -0.2) is 0 Å². The van der Waals surface area contributed by atoms with Gasteiger partial charge in [0.15, 0.2) is 0 Å². The predicted octanol–water partition coefficient (Wildman–Crippen LogP) is 0.647. The molecular formula is C11H16N2O2S. The molecule has 1 aromatic heterocycles. The van der Waals surface area contributed by atoms with E-state index in [1.54, 1.807) is 19.4 Å². The van der Waals surface area contributed by atoms with E-state index < -0.39 is 11.1 Å². The van der Waals surface area contributed by atoms with Crippen LogP contribution in [0.5, 0.6) is 0 Å². The van der Waals surface area contributed by atoms with Crippen molar-refractivity contribution in [2.45, 2.75) is 25.8 Å². The van der Waals surface area contributed by atoms with E-state index in [0.29, 0.717) is 6.54 Å². The molecule has 2 rings (SSSR count). The first kappa shape index (κ1) is 11.5. The minimum atomic E-state index is -0.462. The van der Waals surface area contributed by atoms with Gasteiger partial charge >= 0.3 is 11.1 Å². The fraction of sp³-hybridized carbons (Fsp3) is 0.636. The van der Waals surface area contributed by atoms with E-state index in [9.17, 15) is 9.59 Å². The lowest BCUT2D eigenvalue weighted by atomic mass is 9.70. The molecule has 1 aliphatic rings. The lowest BCUT2D eigenvalue weighted by molar-refractivity contribution is 0.137. The Bertz CT molecular complexity index is 494. The zero-order valence-corrected chi connectivity index (χ0v) is 10.2. The van der Waals surface area contributed by atoms with Crippen molar-refractivity contribution >= 4 is 12.6 Å². The average Bonchev–Trinajstić information content (AvgIpc) is 2.23. The van der Waals surface area contributed by atoms with Crippen LogP contribution in [0.2, 0.25) is 0 Å². The van der Waals surface area contributed by atoms with Gasteiger partial charge in [0.25, 0.3) is 0 Å². The third kappa shape index (κ3) is 1.84. The summed E-state index contributed by atoms with van der Waals surface area (Å²) in [5, 5.41) is 0. The molecule has 1 aliphatic carbocycles. The Kier molecular flexibility index (Phi) is 2.97. The zero-order chi connectivity index (χ0) is 11.8. The molecule has 5 heteroatoms. The van der Waals surface area contributed by atoms with Crippen LogP contribution < -0.4 is 11.1 Å². The minimum absolute atomic E-state index is 0.124. The SMILES string of the molecule is Cn1ccn(CC2(CS)CCC2)c(=O)c1=O. The second-order valence-electron chi connectivity index (χ2n) is 4.66. The molecule has 0 atom stereocenters. The van der Waals surface area contributed by atoms with Crippen molar-refractivity contribution in [1.82, 2.24) is 9.13 Å². The normalized spacial score (nSPS) is 18.1. The van der Waals surface area contributed by atoms with E-state index in [-0.39, 0.29) is 5.41 Å². The molecule has 0 amide bonds. The Morgan fingerprint density at radius 1 is 1.31 bits per heavy atom. The van der Waals surface area contributed by atoms with Crippen molar-refractivity contribution < 1.29 is 0 Å². The second-order valence-corrected chi connectivity index (χ2v) is 4.98. The molecule has 88 valence electrons. The molecule has 0 unspecified atom stereocenters. The van der Waals surface area contributed by atoms with E-state index >= 15 is 0 Å². The summed E-state index contributed by atoms with van der Waals surface area (Å²) in [7, 11) is 1.59. The lowest BCUT2D eigenvalue weighted by Crippen LogP contribution is -2.45. The Hall–Kier alpha value is -0.970. The Balaban J connectivity index is 2.32. The highest BCUT2D eigenvalue weighted by molar-refractivity contribution is 7.80. The molecule has 0 radical (unpaired) electrons. The number of hydrogen-bond acceptors (Lipinski definition) is 3. The first-order valence-corrected chi connectivity index (χ1v) is 6.08. The third-order valence-corrected chi connectivity index (χ3v) is 4.16. The molecular weight excluding hydrogens is 224 g/mol. The zero-order valence-electron chi connectivity index (χ0n) is 9.35. The van der Waals surface area contributed by atoms with Crippen LogP contribution in [0.25, 0.3) is 0 Å². The van der Waals surface area contributed by atoms with Gasteiger partial charge in [-0.1, -0.05) is 6.42 Å². The summed E-state index contributed by atoms with van der Waals surface area (Å²) in [5.74, 6) is 0.772. The molecule has 1 saturated carbocycles. The first-order chi connectivity index (χ1) is 7.58. The quantitative estimate of drug-likeness (QED) is 0.622. The third-order valence-electron chi connectivity index (χ3n) is 3.49. The average molecular weight is 240 g/mol. The van der Waals surface area contributed by atoms with Gasteiger partial charge < -0.3 is 9.13 Å². The highest BCUT2D eigenvalue weighted by Gasteiger charge is 2.36. The van der Waals surface area contributed by atoms with Gasteiger partial charge in [0.1, 0.15) is 0 Å². The molecule has 1 heterocycles. The number of thiol groups is 1. The number of aromatic nitrogens is 2. The number of rotatable bonds is 3. The van der Waals surface area contributed by atoms with E-state index in [1.165, 1.54) is 15.6 Å². The van der Waals surface area contributed by atoms with Crippen molar-refractivity contribution in [2.75, 3.05) is 5.75 Å². The minimum Gasteiger partial charge on any atom is -0.312 e. The molecule has 4 nitrogen and oxygen atoms in total. The molecule has 0 N–H and O–H groups in total. The molecule has 0 bridgehead atoms. The highest BCUT2D eigenvalue weighted by atomic mass is 32.1. The van der Waals surface area contributed by atoms with Crippen LogP contribution in [0.15, 0.2) is 22.0 Å². The number of aryl methyl sites for hydroxylation is 1. The summed E-state index contributed by atoms with van der Waals surface area (Å²) in [6, 6.07) is 0. The van der Waals surface area contributed by atoms with Gasteiger partial charge in [0, 0.05) is 26.0 Å². The largest absolute Gasteiger partial charge is 0.316 e. The summed E-state index contributed by atoms with van der Waals surface area (Å²) < 4.78 is 2.84. The molecule has 16 heavy (non-hydrogen) atoms. The van der Waals surface area contributed by atoms with Crippen LogP contribution in [0.4, 0.5) is 0 Å². The summed E-state index contributed by atoms with van der Waals surface area (Å²) >= 11 is 4.34. The van der Waals surface area contributed by atoms with Gasteiger partial charge in [0.05, 0.1) is 0 Å². The van der Waals surface area contributed by atoms with Crippen LogP contribution in [0, 0.1) is 5.41 Å². The molecule has 1 fully saturated rings. The number of nitrogens with zero attached hydrogens (tertiary/aromatic N) is 2. The fourth-order valence-electron chi connectivity index (χ4n) is 2.12. The lowest BCUT2D eigenvalue weighted by Gasteiger charge is -2.41. The van der Waals surface area contributed by atoms with Crippen molar-refractivity contribution in [3.8, 4) is 0 Å². The van der Waals surface area contributed by atoms with E-state index in [0.717, 1.165) is 18.6 Å². The summed E-state index contributed by atoms with van der Waals surface area (Å²) in [6.07, 6.45) is 6.71. The van der Waals surface area contributed by atoms with Crippen molar-refractivity contribution in [3.63, 3.8) is 0 Å². The highest BCUT2D eigenvalue weighted by Crippen LogP contribution is 2.42. The van der Waals surface area contributed by atoms with E-state index in [2.05, 4.69) is 12.6 Å². The maximum atomic E-state index is 11.7. The number of hydrogen-bond donors (Lipinski definition) is 1. The maximum Gasteiger partial charge on any atom is 0.316 e. The van der Waals surface area contributed by atoms with Crippen molar-refractivity contribution in [1.29, 1.82) is 0 Å². The molecule has 0 aliphatic heterocycles. The molecule has 1 aromatic rings. The summed E-state index contributed by atoms with van der Waals surface area (Å²) in [4.78, 5) is 23.2. The van der Waals surface area contributed by atoms with Crippen LogP contribution in [0.1, 0.15) is 19.3 Å². The Morgan fingerprint density at radius 3 is 2.50 bits per heavy atom. The fourth-order valence-corrected chi connectivity index (χ4v) is 2.53. The topological polar surface area (TPSA) is 44.0 Å². The van der Waals surface area contributed by atoms with Gasteiger partial charge in [-0.2, -0.15) is 12.6 Å². The predicted molar refractivity (Wildman–Crippen MR) is 66.1 cm³/mol.